The fraction of sp³-hybridized carbons (Fsp3) is 0.254. The van der Waals surface area contributed by atoms with Gasteiger partial charge in [-0.15, -0.1) is 0 Å². The standard InChI is InChI=1S/C63H64N4O/c1-40-31-41(2)60(42(3)32-40)66-39-65(56-35-49(43-21-15-13-16-22-43)50(36-57(56)66)44-23-17-14-18-24-44)55-38-58(52(63(10,11)12)37-51(55)62(7,8)9)68-46-27-28-48-47-25-19-20-26-53(47)67(54(48)34-46)59-33-45(29-30-64-59)61(4,5)6/h13-38H,39H2,1-12H3. The van der Waals surface area contributed by atoms with Crippen LogP contribution in [-0.2, 0) is 16.2 Å². The van der Waals surface area contributed by atoms with Gasteiger partial charge in [-0.3, -0.25) is 4.57 Å². The SMILES string of the molecule is Cc1cc(C)c(N2CN(c3cc(Oc4ccc5c6ccccc6n(-c6cc(C(C)(C)C)ccn6)c5c4)c(C(C)(C)C)cc3C(C)(C)C)c3cc(-c4ccccc4)c(-c4ccccc4)cc32)c(C)c1. The van der Waals surface area contributed by atoms with Crippen LogP contribution in [0.5, 0.6) is 11.5 Å². The largest absolute Gasteiger partial charge is 0.457 e. The smallest absolute Gasteiger partial charge is 0.137 e. The predicted molar refractivity (Wildman–Crippen MR) is 288 cm³/mol. The summed E-state index contributed by atoms with van der Waals surface area (Å²) >= 11 is 0. The number of benzene rings is 7. The fourth-order valence-corrected chi connectivity index (χ4v) is 10.5. The Morgan fingerprint density at radius 2 is 1.06 bits per heavy atom. The lowest BCUT2D eigenvalue weighted by Crippen LogP contribution is -2.28. The van der Waals surface area contributed by atoms with Crippen molar-refractivity contribution in [3.05, 3.63) is 191 Å². The molecule has 342 valence electrons. The normalized spacial score (nSPS) is 13.2. The molecule has 3 heterocycles. The first-order valence-electron chi connectivity index (χ1n) is 24.1. The summed E-state index contributed by atoms with van der Waals surface area (Å²) in [4.78, 5) is 10.1. The summed E-state index contributed by atoms with van der Waals surface area (Å²) in [7, 11) is 0. The van der Waals surface area contributed by atoms with Crippen LogP contribution in [0.1, 0.15) is 95.7 Å². The maximum absolute atomic E-state index is 7.32. The van der Waals surface area contributed by atoms with Crippen LogP contribution in [0.2, 0.25) is 0 Å². The van der Waals surface area contributed by atoms with E-state index in [1.54, 1.807) is 0 Å². The minimum Gasteiger partial charge on any atom is -0.457 e. The minimum absolute atomic E-state index is 0.0248. The third kappa shape index (κ3) is 8.02. The molecular weight excluding hydrogens is 829 g/mol. The van der Waals surface area contributed by atoms with Crippen molar-refractivity contribution in [1.29, 1.82) is 0 Å². The Bertz CT molecular complexity index is 3350. The molecule has 0 unspecified atom stereocenters. The van der Waals surface area contributed by atoms with E-state index in [-0.39, 0.29) is 16.2 Å². The molecule has 68 heavy (non-hydrogen) atoms. The molecule has 0 atom stereocenters. The second kappa shape index (κ2) is 16.6. The van der Waals surface area contributed by atoms with Crippen molar-refractivity contribution in [1.82, 2.24) is 9.55 Å². The van der Waals surface area contributed by atoms with Crippen LogP contribution in [0.15, 0.2) is 158 Å². The molecule has 1 aliphatic rings. The molecule has 0 aliphatic carbocycles. The lowest BCUT2D eigenvalue weighted by atomic mass is 9.79. The number of rotatable bonds is 7. The summed E-state index contributed by atoms with van der Waals surface area (Å²) in [5, 5.41) is 2.35. The predicted octanol–water partition coefficient (Wildman–Crippen LogP) is 17.4. The van der Waals surface area contributed by atoms with Crippen molar-refractivity contribution in [3.8, 4) is 39.6 Å². The fourth-order valence-electron chi connectivity index (χ4n) is 10.5. The third-order valence-corrected chi connectivity index (χ3v) is 13.8. The van der Waals surface area contributed by atoms with E-state index in [2.05, 4.69) is 249 Å². The molecule has 5 heteroatoms. The van der Waals surface area contributed by atoms with E-state index in [9.17, 15) is 0 Å². The monoisotopic (exact) mass is 893 g/mol. The van der Waals surface area contributed by atoms with Crippen molar-refractivity contribution in [2.75, 3.05) is 16.5 Å². The van der Waals surface area contributed by atoms with Gasteiger partial charge in [-0.2, -0.15) is 0 Å². The number of anilines is 4. The summed E-state index contributed by atoms with van der Waals surface area (Å²) < 4.78 is 9.62. The molecule has 0 fully saturated rings. The molecule has 0 saturated carbocycles. The quantitative estimate of drug-likeness (QED) is 0.160. The van der Waals surface area contributed by atoms with Gasteiger partial charge in [-0.25, -0.2) is 4.98 Å². The summed E-state index contributed by atoms with van der Waals surface area (Å²) in [6.45, 7) is 28.0. The van der Waals surface area contributed by atoms with Crippen molar-refractivity contribution in [3.63, 3.8) is 0 Å². The topological polar surface area (TPSA) is 33.5 Å². The molecular formula is C63H64N4O. The molecule has 0 bridgehead atoms. The highest BCUT2D eigenvalue weighted by molar-refractivity contribution is 6.09. The van der Waals surface area contributed by atoms with E-state index in [0.29, 0.717) is 6.67 Å². The Morgan fingerprint density at radius 3 is 1.66 bits per heavy atom. The third-order valence-electron chi connectivity index (χ3n) is 13.8. The Hall–Kier alpha value is -7.11. The molecule has 7 aromatic carbocycles. The van der Waals surface area contributed by atoms with Gasteiger partial charge in [0.1, 0.15) is 24.0 Å². The Balaban J connectivity index is 1.19. The van der Waals surface area contributed by atoms with Crippen LogP contribution in [0.25, 0.3) is 49.9 Å². The number of ether oxygens (including phenoxy) is 1. The van der Waals surface area contributed by atoms with Gasteiger partial charge in [-0.05, 0) is 130 Å². The first-order chi connectivity index (χ1) is 32.3. The Labute approximate surface area is 403 Å². The minimum atomic E-state index is -0.222. The Morgan fingerprint density at radius 1 is 0.485 bits per heavy atom. The van der Waals surface area contributed by atoms with Gasteiger partial charge in [0.25, 0.3) is 0 Å². The highest BCUT2D eigenvalue weighted by atomic mass is 16.5. The lowest BCUT2D eigenvalue weighted by Gasteiger charge is -2.33. The summed E-state index contributed by atoms with van der Waals surface area (Å²) in [5.41, 5.74) is 18.7. The maximum atomic E-state index is 7.32. The van der Waals surface area contributed by atoms with Crippen molar-refractivity contribution >= 4 is 44.6 Å². The average Bonchev–Trinajstić information content (AvgIpc) is 3.82. The lowest BCUT2D eigenvalue weighted by molar-refractivity contribution is 0.454. The van der Waals surface area contributed by atoms with Crippen LogP contribution < -0.4 is 14.5 Å². The number of fused-ring (bicyclic) bond motifs is 4. The summed E-state index contributed by atoms with van der Waals surface area (Å²) in [6, 6.07) is 55.5. The van der Waals surface area contributed by atoms with Crippen LogP contribution >= 0.6 is 0 Å². The first-order valence-corrected chi connectivity index (χ1v) is 24.1. The number of aromatic nitrogens is 2. The molecule has 9 aromatic rings. The molecule has 0 radical (unpaired) electrons. The molecule has 0 spiro atoms. The molecule has 0 saturated heterocycles. The van der Waals surface area contributed by atoms with E-state index in [1.165, 1.54) is 72.5 Å². The number of aryl methyl sites for hydroxylation is 3. The number of hydrogen-bond acceptors (Lipinski definition) is 4. The van der Waals surface area contributed by atoms with E-state index in [0.717, 1.165) is 45.0 Å². The van der Waals surface area contributed by atoms with E-state index in [1.807, 2.05) is 6.20 Å². The van der Waals surface area contributed by atoms with Gasteiger partial charge in [0, 0.05) is 40.4 Å². The van der Waals surface area contributed by atoms with Gasteiger partial charge in [0.05, 0.1) is 28.1 Å². The van der Waals surface area contributed by atoms with Crippen LogP contribution in [0.4, 0.5) is 22.7 Å². The maximum Gasteiger partial charge on any atom is 0.137 e. The second-order valence-electron chi connectivity index (χ2n) is 22.0. The van der Waals surface area contributed by atoms with E-state index in [4.69, 9.17) is 9.72 Å². The van der Waals surface area contributed by atoms with Crippen LogP contribution in [0, 0.1) is 20.8 Å². The average molecular weight is 893 g/mol. The van der Waals surface area contributed by atoms with Gasteiger partial charge in [0.15, 0.2) is 0 Å². The molecule has 1 aliphatic heterocycles. The van der Waals surface area contributed by atoms with Gasteiger partial charge < -0.3 is 14.5 Å². The first kappa shape index (κ1) is 44.7. The zero-order valence-corrected chi connectivity index (χ0v) is 41.9. The van der Waals surface area contributed by atoms with Gasteiger partial charge in [-0.1, -0.05) is 159 Å². The molecule has 10 rings (SSSR count). The van der Waals surface area contributed by atoms with Gasteiger partial charge in [0.2, 0.25) is 0 Å². The Kier molecular flexibility index (Phi) is 10.9. The highest BCUT2D eigenvalue weighted by Gasteiger charge is 2.36. The number of hydrogen-bond donors (Lipinski definition) is 0. The molecule has 2 aromatic heterocycles. The zero-order chi connectivity index (χ0) is 47.9. The van der Waals surface area contributed by atoms with Crippen molar-refractivity contribution < 1.29 is 4.74 Å². The van der Waals surface area contributed by atoms with Gasteiger partial charge >= 0.3 is 0 Å². The van der Waals surface area contributed by atoms with Crippen LogP contribution in [-0.4, -0.2) is 16.2 Å². The zero-order valence-electron chi connectivity index (χ0n) is 41.9. The number of para-hydroxylation sites is 1. The highest BCUT2D eigenvalue weighted by Crippen LogP contribution is 2.54. The molecule has 0 amide bonds. The van der Waals surface area contributed by atoms with E-state index >= 15 is 0 Å². The van der Waals surface area contributed by atoms with E-state index < -0.39 is 0 Å². The van der Waals surface area contributed by atoms with Crippen LogP contribution in [0.3, 0.4) is 0 Å². The second-order valence-corrected chi connectivity index (χ2v) is 22.0. The molecule has 0 N–H and O–H groups in total. The van der Waals surface area contributed by atoms with Crippen molar-refractivity contribution in [2.24, 2.45) is 0 Å². The molecule has 5 nitrogen and oxygen atoms in total. The number of pyridine rings is 1. The summed E-state index contributed by atoms with van der Waals surface area (Å²) in [5.74, 6) is 2.53. The van der Waals surface area contributed by atoms with Crippen molar-refractivity contribution in [2.45, 2.75) is 99.3 Å². The number of nitrogens with zero attached hydrogens (tertiary/aromatic N) is 4. The summed E-state index contributed by atoms with van der Waals surface area (Å²) in [6.07, 6.45) is 1.94.